The number of amides is 3. The molecule has 8 nitrogen and oxygen atoms in total. The first-order chi connectivity index (χ1) is 26.3. The summed E-state index contributed by atoms with van der Waals surface area (Å²) in [5, 5.41) is 3.19. The largest absolute Gasteiger partial charge is 0.493 e. The minimum Gasteiger partial charge on any atom is -0.493 e. The lowest BCUT2D eigenvalue weighted by Gasteiger charge is -2.28. The van der Waals surface area contributed by atoms with Crippen LogP contribution in [-0.2, 0) is 27.4 Å². The van der Waals surface area contributed by atoms with Crippen molar-refractivity contribution in [2.75, 3.05) is 12.9 Å². The van der Waals surface area contributed by atoms with Crippen LogP contribution in [0, 0.1) is 0 Å². The van der Waals surface area contributed by atoms with Crippen molar-refractivity contribution in [3.63, 3.8) is 0 Å². The second-order valence-electron chi connectivity index (χ2n) is 11.9. The molecule has 54 heavy (non-hydrogen) atoms. The van der Waals surface area contributed by atoms with E-state index in [9.17, 15) is 14.4 Å². The fraction of sp³-hybridized carbons (Fsp3) is 0.136. The number of ether oxygens (including phenoxy) is 2. The number of halogens is 1. The number of rotatable bonds is 15. The van der Waals surface area contributed by atoms with Crippen molar-refractivity contribution < 1.29 is 23.9 Å². The number of nitrogens with one attached hydrogen (secondary N) is 1. The molecule has 0 aromatic heterocycles. The van der Waals surface area contributed by atoms with Gasteiger partial charge in [-0.3, -0.25) is 19.3 Å². The van der Waals surface area contributed by atoms with E-state index in [1.807, 2.05) is 91.0 Å². The molecular weight excluding hydrogens is 762 g/mol. The Bertz CT molecular complexity index is 2090. The van der Waals surface area contributed by atoms with Gasteiger partial charge in [0.2, 0.25) is 5.91 Å². The number of hydrogen-bond acceptors (Lipinski definition) is 6. The van der Waals surface area contributed by atoms with E-state index in [0.29, 0.717) is 35.8 Å². The van der Waals surface area contributed by atoms with Crippen molar-refractivity contribution in [2.24, 2.45) is 4.99 Å². The van der Waals surface area contributed by atoms with Gasteiger partial charge in [0.1, 0.15) is 12.2 Å². The topological polar surface area (TPSA) is 97.3 Å². The first-order valence-corrected chi connectivity index (χ1v) is 18.9. The number of nitrogens with zero attached hydrogens (tertiary/aromatic N) is 2. The molecule has 0 radical (unpaired) electrons. The lowest BCUT2D eigenvalue weighted by Crippen LogP contribution is -2.42. The summed E-state index contributed by atoms with van der Waals surface area (Å²) in [5.41, 5.74) is 4.41. The van der Waals surface area contributed by atoms with Crippen LogP contribution in [-0.4, -0.2) is 40.7 Å². The SMILES string of the molecule is C=C/C=C\C(=C/C)N1C(=O)/C(=C/c2cc(CC=C)c(OCc3ccc(Br)cc3)c(OC)c2)C(=O)N=C1SCC(=O)NC(c1ccccc1)c1ccccc1. The van der Waals surface area contributed by atoms with Crippen molar-refractivity contribution in [1.29, 1.82) is 0 Å². The van der Waals surface area contributed by atoms with Crippen LogP contribution in [0.15, 0.2) is 161 Å². The molecule has 1 aliphatic heterocycles. The number of benzene rings is 4. The maximum Gasteiger partial charge on any atom is 0.285 e. The maximum atomic E-state index is 14.3. The molecule has 0 atom stereocenters. The monoisotopic (exact) mass is 801 g/mol. The Labute approximate surface area is 328 Å². The zero-order valence-corrected chi connectivity index (χ0v) is 32.4. The Morgan fingerprint density at radius 2 is 1.65 bits per heavy atom. The summed E-state index contributed by atoms with van der Waals surface area (Å²) in [6.45, 7) is 9.72. The first-order valence-electron chi connectivity index (χ1n) is 17.1. The summed E-state index contributed by atoms with van der Waals surface area (Å²) in [4.78, 5) is 47.1. The van der Waals surface area contributed by atoms with Crippen LogP contribution in [0.4, 0.5) is 0 Å². The molecule has 274 valence electrons. The molecule has 0 bridgehead atoms. The fourth-order valence-electron chi connectivity index (χ4n) is 5.69. The van der Waals surface area contributed by atoms with Gasteiger partial charge in [0, 0.05) is 15.7 Å². The molecule has 0 saturated carbocycles. The van der Waals surface area contributed by atoms with Crippen molar-refractivity contribution in [2.45, 2.75) is 26.0 Å². The van der Waals surface area contributed by atoms with Gasteiger partial charge >= 0.3 is 0 Å². The first kappa shape index (κ1) is 39.5. The Morgan fingerprint density at radius 3 is 2.24 bits per heavy atom. The summed E-state index contributed by atoms with van der Waals surface area (Å²) in [6, 6.07) is 30.3. The third kappa shape index (κ3) is 10.0. The second kappa shape index (κ2) is 19.4. The Morgan fingerprint density at radius 1 is 0.981 bits per heavy atom. The lowest BCUT2D eigenvalue weighted by atomic mass is 9.99. The average molecular weight is 803 g/mol. The summed E-state index contributed by atoms with van der Waals surface area (Å²) in [5.74, 6) is -0.747. The highest BCUT2D eigenvalue weighted by Crippen LogP contribution is 2.36. The van der Waals surface area contributed by atoms with E-state index in [4.69, 9.17) is 9.47 Å². The van der Waals surface area contributed by atoms with Crippen LogP contribution in [0.3, 0.4) is 0 Å². The van der Waals surface area contributed by atoms with E-state index < -0.39 is 17.9 Å². The number of amidine groups is 1. The summed E-state index contributed by atoms with van der Waals surface area (Å²) < 4.78 is 12.9. The minimum atomic E-state index is -0.728. The lowest BCUT2D eigenvalue weighted by molar-refractivity contribution is -0.126. The molecular formula is C44H40BrN3O5S. The summed E-state index contributed by atoms with van der Waals surface area (Å²) in [6.07, 6.45) is 10.4. The van der Waals surface area contributed by atoms with Gasteiger partial charge in [-0.25, -0.2) is 0 Å². The van der Waals surface area contributed by atoms with Gasteiger partial charge in [-0.15, -0.1) is 6.58 Å². The predicted molar refractivity (Wildman–Crippen MR) is 221 cm³/mol. The molecule has 1 N–H and O–H groups in total. The van der Waals surface area contributed by atoms with Gasteiger partial charge in [-0.05, 0) is 72.0 Å². The molecule has 0 unspecified atom stereocenters. The normalized spacial score (nSPS) is 14.0. The highest BCUT2D eigenvalue weighted by atomic mass is 79.9. The number of hydrogen-bond donors (Lipinski definition) is 1. The average Bonchev–Trinajstić information content (AvgIpc) is 3.19. The smallest absolute Gasteiger partial charge is 0.285 e. The molecule has 0 fully saturated rings. The number of thioether (sulfide) groups is 1. The van der Waals surface area contributed by atoms with Gasteiger partial charge in [-0.1, -0.05) is 131 Å². The van der Waals surface area contributed by atoms with E-state index in [0.717, 1.165) is 38.5 Å². The van der Waals surface area contributed by atoms with Crippen molar-refractivity contribution in [3.05, 3.63) is 184 Å². The van der Waals surface area contributed by atoms with Gasteiger partial charge < -0.3 is 14.8 Å². The fourth-order valence-corrected chi connectivity index (χ4v) is 6.76. The molecule has 10 heteroatoms. The van der Waals surface area contributed by atoms with Crippen molar-refractivity contribution >= 4 is 56.7 Å². The molecule has 0 aliphatic carbocycles. The number of aliphatic imine (C=N–C) groups is 1. The summed E-state index contributed by atoms with van der Waals surface area (Å²) >= 11 is 4.46. The van der Waals surface area contributed by atoms with Gasteiger partial charge in [0.15, 0.2) is 16.7 Å². The number of carbonyl (C=O) groups excluding carboxylic acids is 3. The predicted octanol–water partition coefficient (Wildman–Crippen LogP) is 9.16. The Kier molecular flexibility index (Phi) is 14.2. The Hall–Kier alpha value is -5.71. The third-order valence-electron chi connectivity index (χ3n) is 8.26. The van der Waals surface area contributed by atoms with E-state index in [1.54, 1.807) is 43.4 Å². The van der Waals surface area contributed by atoms with E-state index in [2.05, 4.69) is 39.4 Å². The number of allylic oxidation sites excluding steroid dienone is 5. The summed E-state index contributed by atoms with van der Waals surface area (Å²) in [7, 11) is 1.53. The standard InChI is InChI=1S/C44H40BrN3O5S/c1-5-8-20-36(7-3)48-43(51)37(26-31-25-34(15-6-2)41(38(27-31)52-4)53-28-30-21-23-35(45)24-22-30)42(50)47-44(48)54-29-39(49)46-40(32-16-11-9-12-17-32)33-18-13-10-14-19-33/h5-14,16-27,40H,1-2,15,28-29H2,3-4H3,(H,46,49)/b20-8-,36-7+,37-26+. The van der Waals surface area contributed by atoms with E-state index in [-0.39, 0.29) is 22.4 Å². The molecule has 0 saturated heterocycles. The number of carbonyl (C=O) groups is 3. The van der Waals surface area contributed by atoms with E-state index >= 15 is 0 Å². The molecule has 5 rings (SSSR count). The molecule has 4 aromatic rings. The van der Waals surface area contributed by atoms with Crippen LogP contribution in [0.5, 0.6) is 11.5 Å². The van der Waals surface area contributed by atoms with Crippen LogP contribution >= 0.6 is 27.7 Å². The van der Waals surface area contributed by atoms with Crippen LogP contribution in [0.2, 0.25) is 0 Å². The van der Waals surface area contributed by atoms with Crippen molar-refractivity contribution in [3.8, 4) is 11.5 Å². The Balaban J connectivity index is 1.44. The van der Waals surface area contributed by atoms with Gasteiger partial charge in [-0.2, -0.15) is 4.99 Å². The molecule has 0 spiro atoms. The minimum absolute atomic E-state index is 0.0803. The van der Waals surface area contributed by atoms with Crippen LogP contribution < -0.4 is 14.8 Å². The second-order valence-corrected chi connectivity index (χ2v) is 13.8. The molecule has 1 heterocycles. The van der Waals surface area contributed by atoms with Gasteiger partial charge in [0.25, 0.3) is 11.8 Å². The number of methoxy groups -OCH3 is 1. The molecule has 3 amide bonds. The molecule has 1 aliphatic rings. The highest BCUT2D eigenvalue weighted by molar-refractivity contribution is 9.10. The third-order valence-corrected chi connectivity index (χ3v) is 9.73. The van der Waals surface area contributed by atoms with Crippen molar-refractivity contribution in [1.82, 2.24) is 10.2 Å². The quantitative estimate of drug-likeness (QED) is 0.0558. The van der Waals surface area contributed by atoms with Crippen LogP contribution in [0.25, 0.3) is 6.08 Å². The highest BCUT2D eigenvalue weighted by Gasteiger charge is 2.35. The van der Waals surface area contributed by atoms with Gasteiger partial charge in [0.05, 0.1) is 18.9 Å². The van der Waals surface area contributed by atoms with E-state index in [1.165, 1.54) is 18.1 Å². The van der Waals surface area contributed by atoms with Crippen LogP contribution in [0.1, 0.15) is 40.8 Å². The maximum absolute atomic E-state index is 14.3. The zero-order valence-electron chi connectivity index (χ0n) is 30.0. The molecule has 4 aromatic carbocycles. The zero-order chi connectivity index (χ0) is 38.5.